The van der Waals surface area contributed by atoms with Crippen LogP contribution in [0.5, 0.6) is 0 Å². The van der Waals surface area contributed by atoms with Crippen molar-refractivity contribution in [3.63, 3.8) is 0 Å². The third-order valence-corrected chi connectivity index (χ3v) is 6.63. The Hall–Kier alpha value is -1.79. The van der Waals surface area contributed by atoms with Gasteiger partial charge in [0.1, 0.15) is 11.5 Å². The number of furan rings is 1. The molecule has 1 aliphatic rings. The SMILES string of the molecule is CC(C)CC(=O)N(Cc1ccc(-c2cccc(Cl)c2)o1)[C@@H]1CCS(=O)(=O)C1. The van der Waals surface area contributed by atoms with Crippen molar-refractivity contribution in [1.29, 1.82) is 0 Å². The van der Waals surface area contributed by atoms with Gasteiger partial charge in [0.05, 0.1) is 18.1 Å². The average molecular weight is 410 g/mol. The van der Waals surface area contributed by atoms with Gasteiger partial charge in [-0.1, -0.05) is 37.6 Å². The molecule has 1 fully saturated rings. The average Bonchev–Trinajstić information content (AvgIpc) is 3.18. The highest BCUT2D eigenvalue weighted by atomic mass is 35.5. The topological polar surface area (TPSA) is 67.6 Å². The first-order valence-electron chi connectivity index (χ1n) is 9.08. The number of benzene rings is 1. The maximum atomic E-state index is 12.7. The maximum absolute atomic E-state index is 12.7. The van der Waals surface area contributed by atoms with E-state index >= 15 is 0 Å². The molecule has 2 aromatic rings. The summed E-state index contributed by atoms with van der Waals surface area (Å²) in [6, 6.07) is 10.7. The third-order valence-electron chi connectivity index (χ3n) is 4.65. The molecule has 3 rings (SSSR count). The molecule has 0 bridgehead atoms. The summed E-state index contributed by atoms with van der Waals surface area (Å²) in [5.41, 5.74) is 0.859. The molecular weight excluding hydrogens is 386 g/mol. The van der Waals surface area contributed by atoms with Crippen molar-refractivity contribution >= 4 is 27.3 Å². The van der Waals surface area contributed by atoms with Crippen LogP contribution in [0.25, 0.3) is 11.3 Å². The minimum atomic E-state index is -3.08. The maximum Gasteiger partial charge on any atom is 0.223 e. The van der Waals surface area contributed by atoms with E-state index in [4.69, 9.17) is 16.0 Å². The summed E-state index contributed by atoms with van der Waals surface area (Å²) >= 11 is 6.04. The smallest absolute Gasteiger partial charge is 0.223 e. The molecule has 2 heterocycles. The van der Waals surface area contributed by atoms with Gasteiger partial charge in [-0.3, -0.25) is 4.79 Å². The van der Waals surface area contributed by atoms with E-state index in [9.17, 15) is 13.2 Å². The summed E-state index contributed by atoms with van der Waals surface area (Å²) in [6.07, 6.45) is 0.867. The first-order valence-corrected chi connectivity index (χ1v) is 11.3. The van der Waals surface area contributed by atoms with Gasteiger partial charge < -0.3 is 9.32 Å². The number of halogens is 1. The molecule has 5 nitrogen and oxygen atoms in total. The van der Waals surface area contributed by atoms with E-state index in [-0.39, 0.29) is 35.9 Å². The van der Waals surface area contributed by atoms with Crippen LogP contribution in [-0.2, 0) is 21.2 Å². The predicted molar refractivity (Wildman–Crippen MR) is 106 cm³/mol. The van der Waals surface area contributed by atoms with E-state index in [1.165, 1.54) is 0 Å². The van der Waals surface area contributed by atoms with Crippen molar-refractivity contribution in [2.24, 2.45) is 5.92 Å². The highest BCUT2D eigenvalue weighted by Crippen LogP contribution is 2.27. The second-order valence-corrected chi connectivity index (χ2v) is 10.1. The van der Waals surface area contributed by atoms with Crippen LogP contribution in [0.1, 0.15) is 32.4 Å². The zero-order valence-corrected chi connectivity index (χ0v) is 17.1. The molecule has 0 N–H and O–H groups in total. The molecule has 0 radical (unpaired) electrons. The van der Waals surface area contributed by atoms with Gasteiger partial charge in [-0.2, -0.15) is 0 Å². The Kier molecular flexibility index (Phi) is 5.96. The second kappa shape index (κ2) is 8.07. The summed E-state index contributed by atoms with van der Waals surface area (Å²) in [4.78, 5) is 14.4. The number of carbonyl (C=O) groups is 1. The molecule has 1 aromatic carbocycles. The standard InChI is InChI=1S/C20H24ClNO4S/c1-14(2)10-20(23)22(17-8-9-27(24,25)13-17)12-18-6-7-19(26-18)15-4-3-5-16(21)11-15/h3-7,11,14,17H,8-10,12-13H2,1-2H3/t17-/m1/s1. The van der Waals surface area contributed by atoms with Crippen LogP contribution in [0.3, 0.4) is 0 Å². The number of amides is 1. The van der Waals surface area contributed by atoms with Gasteiger partial charge in [0.25, 0.3) is 0 Å². The largest absolute Gasteiger partial charge is 0.459 e. The van der Waals surface area contributed by atoms with Gasteiger partial charge in [0.15, 0.2) is 9.84 Å². The Morgan fingerprint density at radius 3 is 2.70 bits per heavy atom. The number of hydrogen-bond donors (Lipinski definition) is 0. The fourth-order valence-corrected chi connectivity index (χ4v) is 5.26. The highest BCUT2D eigenvalue weighted by molar-refractivity contribution is 7.91. The summed E-state index contributed by atoms with van der Waals surface area (Å²) in [6.45, 7) is 4.23. The molecule has 27 heavy (non-hydrogen) atoms. The Morgan fingerprint density at radius 1 is 1.30 bits per heavy atom. The molecule has 0 aliphatic carbocycles. The number of carbonyl (C=O) groups excluding carboxylic acids is 1. The van der Waals surface area contributed by atoms with Crippen molar-refractivity contribution in [2.75, 3.05) is 11.5 Å². The molecule has 1 atom stereocenters. The lowest BCUT2D eigenvalue weighted by Crippen LogP contribution is -2.41. The highest BCUT2D eigenvalue weighted by Gasteiger charge is 2.35. The van der Waals surface area contributed by atoms with Gasteiger partial charge in [0.2, 0.25) is 5.91 Å². The molecule has 0 spiro atoms. The molecular formula is C20H24ClNO4S. The molecule has 1 aromatic heterocycles. The fraction of sp³-hybridized carbons (Fsp3) is 0.450. The molecule has 1 saturated heterocycles. The number of sulfone groups is 1. The minimum absolute atomic E-state index is 0.0265. The van der Waals surface area contributed by atoms with Crippen molar-refractivity contribution in [1.82, 2.24) is 4.90 Å². The van der Waals surface area contributed by atoms with Crippen molar-refractivity contribution in [2.45, 2.75) is 39.3 Å². The third kappa shape index (κ3) is 5.14. The lowest BCUT2D eigenvalue weighted by atomic mass is 10.1. The van der Waals surface area contributed by atoms with Crippen molar-refractivity contribution in [3.05, 3.63) is 47.2 Å². The van der Waals surface area contributed by atoms with E-state index < -0.39 is 9.84 Å². The van der Waals surface area contributed by atoms with E-state index in [0.717, 1.165) is 5.56 Å². The summed E-state index contributed by atoms with van der Waals surface area (Å²) < 4.78 is 29.7. The number of hydrogen-bond acceptors (Lipinski definition) is 4. The first-order chi connectivity index (χ1) is 12.7. The quantitative estimate of drug-likeness (QED) is 0.718. The van der Waals surface area contributed by atoms with Crippen LogP contribution in [0.15, 0.2) is 40.8 Å². The van der Waals surface area contributed by atoms with Gasteiger partial charge in [-0.05, 0) is 36.6 Å². The lowest BCUT2D eigenvalue weighted by molar-refractivity contribution is -0.134. The van der Waals surface area contributed by atoms with Crippen molar-refractivity contribution < 1.29 is 17.6 Å². The van der Waals surface area contributed by atoms with Crippen molar-refractivity contribution in [3.8, 4) is 11.3 Å². The minimum Gasteiger partial charge on any atom is -0.459 e. The molecule has 1 aliphatic heterocycles. The predicted octanol–water partition coefficient (Wildman–Crippen LogP) is 4.16. The molecule has 1 amide bonds. The van der Waals surface area contributed by atoms with Gasteiger partial charge >= 0.3 is 0 Å². The van der Waals surface area contributed by atoms with Crippen LogP contribution >= 0.6 is 11.6 Å². The zero-order valence-electron chi connectivity index (χ0n) is 15.5. The van der Waals surface area contributed by atoms with E-state index in [2.05, 4.69) is 0 Å². The molecule has 146 valence electrons. The molecule has 0 saturated carbocycles. The van der Waals surface area contributed by atoms with Gasteiger partial charge in [-0.15, -0.1) is 0 Å². The van der Waals surface area contributed by atoms with Crippen LogP contribution in [0.2, 0.25) is 5.02 Å². The number of rotatable bonds is 6. The Bertz CT molecular complexity index is 920. The zero-order chi connectivity index (χ0) is 19.6. The fourth-order valence-electron chi connectivity index (χ4n) is 3.34. The van der Waals surface area contributed by atoms with Crippen LogP contribution in [0, 0.1) is 5.92 Å². The Labute approximate surface area is 165 Å². The number of nitrogens with zero attached hydrogens (tertiary/aromatic N) is 1. The van der Waals surface area contributed by atoms with Gasteiger partial charge in [-0.25, -0.2) is 8.42 Å². The summed E-state index contributed by atoms with van der Waals surface area (Å²) in [7, 11) is -3.08. The van der Waals surface area contributed by atoms with Crippen LogP contribution in [0.4, 0.5) is 0 Å². The Morgan fingerprint density at radius 2 is 2.07 bits per heavy atom. The first kappa shape index (κ1) is 20.0. The molecule has 0 unspecified atom stereocenters. The summed E-state index contributed by atoms with van der Waals surface area (Å²) in [5.74, 6) is 1.63. The second-order valence-electron chi connectivity index (χ2n) is 7.45. The van der Waals surface area contributed by atoms with Crippen LogP contribution in [-0.4, -0.2) is 36.8 Å². The lowest BCUT2D eigenvalue weighted by Gasteiger charge is -2.28. The normalized spacial score (nSPS) is 18.7. The van der Waals surface area contributed by atoms with Crippen LogP contribution < -0.4 is 0 Å². The molecule has 7 heteroatoms. The van der Waals surface area contributed by atoms with E-state index in [0.29, 0.717) is 29.4 Å². The van der Waals surface area contributed by atoms with E-state index in [1.807, 2.05) is 44.2 Å². The Balaban J connectivity index is 1.81. The van der Waals surface area contributed by atoms with E-state index in [1.54, 1.807) is 11.0 Å². The summed E-state index contributed by atoms with van der Waals surface area (Å²) in [5, 5.41) is 0.621. The van der Waals surface area contributed by atoms with Gasteiger partial charge in [0, 0.05) is 23.0 Å². The monoisotopic (exact) mass is 409 g/mol.